The van der Waals surface area contributed by atoms with Crippen LogP contribution in [-0.2, 0) is 0 Å². The van der Waals surface area contributed by atoms with Crippen LogP contribution in [0.2, 0.25) is 0 Å². The number of benzene rings is 2. The van der Waals surface area contributed by atoms with Gasteiger partial charge in [-0.1, -0.05) is 54.6 Å². The van der Waals surface area contributed by atoms with Gasteiger partial charge in [0, 0.05) is 18.0 Å². The first-order chi connectivity index (χ1) is 11.2. The van der Waals surface area contributed by atoms with Gasteiger partial charge in [-0.05, 0) is 29.7 Å². The van der Waals surface area contributed by atoms with Crippen molar-refractivity contribution in [2.45, 2.75) is 6.92 Å². The molecule has 0 aliphatic carbocycles. The van der Waals surface area contributed by atoms with Gasteiger partial charge in [-0.2, -0.15) is 0 Å². The SMILES string of the molecule is Cc1cc(N)c2nc(-c3ccc(-c4ccccc4)cc3)cn2c1. The molecule has 2 N–H and O–H groups in total. The molecule has 2 aromatic carbocycles. The Morgan fingerprint density at radius 1 is 0.826 bits per heavy atom. The first-order valence-electron chi connectivity index (χ1n) is 7.61. The number of nitrogens with zero attached hydrogens (tertiary/aromatic N) is 2. The summed E-state index contributed by atoms with van der Waals surface area (Å²) in [5.74, 6) is 0. The number of fused-ring (bicyclic) bond motifs is 1. The van der Waals surface area contributed by atoms with Crippen molar-refractivity contribution in [3.63, 3.8) is 0 Å². The molecule has 2 heterocycles. The second-order valence-corrected chi connectivity index (χ2v) is 5.77. The van der Waals surface area contributed by atoms with Crippen molar-refractivity contribution >= 4 is 11.3 Å². The Bertz CT molecular complexity index is 967. The van der Waals surface area contributed by atoms with E-state index in [4.69, 9.17) is 5.73 Å². The maximum Gasteiger partial charge on any atom is 0.160 e. The number of hydrogen-bond acceptors (Lipinski definition) is 2. The zero-order valence-electron chi connectivity index (χ0n) is 12.9. The lowest BCUT2D eigenvalue weighted by Crippen LogP contribution is -1.93. The van der Waals surface area contributed by atoms with E-state index >= 15 is 0 Å². The molecule has 3 heteroatoms. The van der Waals surface area contributed by atoms with Crippen molar-refractivity contribution in [3.05, 3.63) is 78.6 Å². The molecule has 0 saturated carbocycles. The third-order valence-corrected chi connectivity index (χ3v) is 4.00. The lowest BCUT2D eigenvalue weighted by atomic mass is 10.0. The maximum absolute atomic E-state index is 6.07. The summed E-state index contributed by atoms with van der Waals surface area (Å²) >= 11 is 0. The lowest BCUT2D eigenvalue weighted by molar-refractivity contribution is 1.16. The molecule has 4 aromatic rings. The number of nitrogens with two attached hydrogens (primary N) is 1. The molecule has 0 aliphatic heterocycles. The van der Waals surface area contributed by atoms with Crippen LogP contribution in [0, 0.1) is 6.92 Å². The van der Waals surface area contributed by atoms with E-state index in [1.165, 1.54) is 11.1 Å². The Hall–Kier alpha value is -3.07. The number of imidazole rings is 1. The fraction of sp³-hybridized carbons (Fsp3) is 0.0500. The molecule has 0 unspecified atom stereocenters. The summed E-state index contributed by atoms with van der Waals surface area (Å²) < 4.78 is 1.99. The summed E-state index contributed by atoms with van der Waals surface area (Å²) in [7, 11) is 0. The van der Waals surface area contributed by atoms with Gasteiger partial charge in [0.05, 0.1) is 11.4 Å². The van der Waals surface area contributed by atoms with Crippen molar-refractivity contribution in [2.24, 2.45) is 0 Å². The summed E-state index contributed by atoms with van der Waals surface area (Å²) in [6.45, 7) is 2.03. The zero-order valence-corrected chi connectivity index (χ0v) is 12.9. The largest absolute Gasteiger partial charge is 0.396 e. The van der Waals surface area contributed by atoms with Crippen LogP contribution in [0.1, 0.15) is 5.56 Å². The third-order valence-electron chi connectivity index (χ3n) is 4.00. The van der Waals surface area contributed by atoms with Gasteiger partial charge in [-0.25, -0.2) is 4.98 Å². The van der Waals surface area contributed by atoms with E-state index in [9.17, 15) is 0 Å². The molecule has 0 fully saturated rings. The average molecular weight is 299 g/mol. The van der Waals surface area contributed by atoms with Crippen LogP contribution >= 0.6 is 0 Å². The Balaban J connectivity index is 1.75. The Morgan fingerprint density at radius 2 is 1.48 bits per heavy atom. The third kappa shape index (κ3) is 2.46. The summed E-state index contributed by atoms with van der Waals surface area (Å²) in [5.41, 5.74) is 13.1. The zero-order chi connectivity index (χ0) is 15.8. The standard InChI is InChI=1S/C20H17N3/c1-14-11-18(21)20-22-19(13-23(20)12-14)17-9-7-16(8-10-17)15-5-3-2-4-6-15/h2-13H,21H2,1H3. The van der Waals surface area contributed by atoms with Crippen LogP contribution in [0.5, 0.6) is 0 Å². The summed E-state index contributed by atoms with van der Waals surface area (Å²) in [4.78, 5) is 4.66. The van der Waals surface area contributed by atoms with Gasteiger partial charge in [-0.3, -0.25) is 0 Å². The van der Waals surface area contributed by atoms with Crippen molar-refractivity contribution in [3.8, 4) is 22.4 Å². The summed E-state index contributed by atoms with van der Waals surface area (Å²) in [6, 6.07) is 20.8. The van der Waals surface area contributed by atoms with Crippen LogP contribution in [0.4, 0.5) is 5.69 Å². The Kier molecular flexibility index (Phi) is 3.12. The summed E-state index contributed by atoms with van der Waals surface area (Å²) in [6.07, 6.45) is 4.07. The van der Waals surface area contributed by atoms with E-state index < -0.39 is 0 Å². The number of anilines is 1. The molecule has 0 aliphatic rings. The normalized spacial score (nSPS) is 11.0. The minimum Gasteiger partial charge on any atom is -0.396 e. The maximum atomic E-state index is 6.07. The molecule has 3 nitrogen and oxygen atoms in total. The smallest absolute Gasteiger partial charge is 0.160 e. The Labute approximate surface area is 135 Å². The highest BCUT2D eigenvalue weighted by molar-refractivity contribution is 5.73. The van der Waals surface area contributed by atoms with Crippen molar-refractivity contribution in [1.82, 2.24) is 9.38 Å². The minimum absolute atomic E-state index is 0.706. The molecule has 23 heavy (non-hydrogen) atoms. The van der Waals surface area contributed by atoms with Crippen molar-refractivity contribution < 1.29 is 0 Å². The van der Waals surface area contributed by atoms with Gasteiger partial charge in [0.2, 0.25) is 0 Å². The van der Waals surface area contributed by atoms with Gasteiger partial charge in [-0.15, -0.1) is 0 Å². The van der Waals surface area contributed by atoms with Crippen LogP contribution < -0.4 is 5.73 Å². The topological polar surface area (TPSA) is 43.3 Å². The predicted octanol–water partition coefficient (Wildman–Crippen LogP) is 4.56. The number of hydrogen-bond donors (Lipinski definition) is 1. The molecular formula is C20H17N3. The van der Waals surface area contributed by atoms with Crippen LogP contribution in [0.15, 0.2) is 73.1 Å². The number of nitrogen functional groups attached to an aromatic ring is 1. The molecule has 0 atom stereocenters. The number of pyridine rings is 1. The molecule has 2 aromatic heterocycles. The lowest BCUT2D eigenvalue weighted by Gasteiger charge is -2.02. The fourth-order valence-electron chi connectivity index (χ4n) is 2.88. The molecule has 112 valence electrons. The second kappa shape index (κ2) is 5.29. The van der Waals surface area contributed by atoms with Gasteiger partial charge in [0.1, 0.15) is 0 Å². The number of aromatic nitrogens is 2. The van der Waals surface area contributed by atoms with Gasteiger partial charge in [0.15, 0.2) is 5.65 Å². The van der Waals surface area contributed by atoms with Crippen molar-refractivity contribution in [1.29, 1.82) is 0 Å². The van der Waals surface area contributed by atoms with Crippen LogP contribution in [0.3, 0.4) is 0 Å². The van der Waals surface area contributed by atoms with Gasteiger partial charge >= 0.3 is 0 Å². The summed E-state index contributed by atoms with van der Waals surface area (Å²) in [5, 5.41) is 0. The molecule has 4 rings (SSSR count). The highest BCUT2D eigenvalue weighted by atomic mass is 15.0. The van der Waals surface area contributed by atoms with E-state index in [2.05, 4.69) is 53.5 Å². The van der Waals surface area contributed by atoms with Crippen molar-refractivity contribution in [2.75, 3.05) is 5.73 Å². The fourth-order valence-corrected chi connectivity index (χ4v) is 2.88. The quantitative estimate of drug-likeness (QED) is 0.589. The van der Waals surface area contributed by atoms with Gasteiger partial charge in [0.25, 0.3) is 0 Å². The molecular weight excluding hydrogens is 282 g/mol. The van der Waals surface area contributed by atoms with E-state index in [-0.39, 0.29) is 0 Å². The molecule has 0 amide bonds. The Morgan fingerprint density at radius 3 is 2.22 bits per heavy atom. The average Bonchev–Trinajstić information content (AvgIpc) is 3.00. The monoisotopic (exact) mass is 299 g/mol. The van der Waals surface area contributed by atoms with E-state index in [0.29, 0.717) is 5.69 Å². The van der Waals surface area contributed by atoms with Crippen LogP contribution in [-0.4, -0.2) is 9.38 Å². The van der Waals surface area contributed by atoms with E-state index in [1.807, 2.05) is 35.9 Å². The highest BCUT2D eigenvalue weighted by Crippen LogP contribution is 2.26. The predicted molar refractivity (Wildman–Crippen MR) is 95.2 cm³/mol. The number of aryl methyl sites for hydroxylation is 1. The van der Waals surface area contributed by atoms with E-state index in [1.54, 1.807) is 0 Å². The minimum atomic E-state index is 0.706. The van der Waals surface area contributed by atoms with Gasteiger partial charge < -0.3 is 10.1 Å². The first-order valence-corrected chi connectivity index (χ1v) is 7.61. The molecule has 0 spiro atoms. The highest BCUT2D eigenvalue weighted by Gasteiger charge is 2.07. The molecule has 0 saturated heterocycles. The molecule has 0 radical (unpaired) electrons. The van der Waals surface area contributed by atoms with E-state index in [0.717, 1.165) is 22.5 Å². The number of rotatable bonds is 2. The van der Waals surface area contributed by atoms with Crippen LogP contribution in [0.25, 0.3) is 28.0 Å². The molecule has 0 bridgehead atoms. The second-order valence-electron chi connectivity index (χ2n) is 5.77. The first kappa shape index (κ1) is 13.6.